The Balaban J connectivity index is 1.56. The second-order valence-corrected chi connectivity index (χ2v) is 9.33. The maximum absolute atomic E-state index is 13.7. The molecule has 1 aliphatic rings. The summed E-state index contributed by atoms with van der Waals surface area (Å²) in [5.74, 6) is -0.900. The van der Waals surface area contributed by atoms with E-state index in [1.165, 1.54) is 18.2 Å². The van der Waals surface area contributed by atoms with Gasteiger partial charge >= 0.3 is 12.1 Å². The number of anilines is 1. The molecule has 38 heavy (non-hydrogen) atoms. The van der Waals surface area contributed by atoms with E-state index >= 15 is 0 Å². The minimum Gasteiger partial charge on any atom is -0.478 e. The summed E-state index contributed by atoms with van der Waals surface area (Å²) in [5.41, 5.74) is 1.40. The van der Waals surface area contributed by atoms with E-state index in [0.717, 1.165) is 6.07 Å². The predicted octanol–water partition coefficient (Wildman–Crippen LogP) is 5.32. The van der Waals surface area contributed by atoms with Gasteiger partial charge in [0.25, 0.3) is 5.91 Å². The standard InChI is InChI=1S/C27H28F4N4O3/c1-16(19-7-9-21(10-8-19)26(37)38)32-24(36)23-17(2)33-35-13-12-34(25(23)35)15-18-5-6-20(4-3-11-28)22(14-18)27(29,30)31/h5-10,14,16H,3-4,11-13,15H2,1-2H3,(H,32,36)(H,37,38)/t16-/m0/s1. The molecule has 0 saturated heterocycles. The lowest BCUT2D eigenvalue weighted by atomic mass is 9.99. The summed E-state index contributed by atoms with van der Waals surface area (Å²) < 4.78 is 55.4. The van der Waals surface area contributed by atoms with Gasteiger partial charge in [0.1, 0.15) is 11.4 Å². The fourth-order valence-electron chi connectivity index (χ4n) is 4.74. The molecule has 0 fully saturated rings. The molecule has 202 valence electrons. The van der Waals surface area contributed by atoms with Crippen molar-refractivity contribution in [1.82, 2.24) is 15.1 Å². The molecule has 1 atom stereocenters. The van der Waals surface area contributed by atoms with Crippen LogP contribution >= 0.6 is 0 Å². The van der Waals surface area contributed by atoms with E-state index in [2.05, 4.69) is 10.4 Å². The Morgan fingerprint density at radius 1 is 1.13 bits per heavy atom. The second kappa shape index (κ2) is 10.8. The molecule has 1 aliphatic heterocycles. The molecular formula is C27H28F4N4O3. The van der Waals surface area contributed by atoms with Crippen LogP contribution in [0.15, 0.2) is 42.5 Å². The number of fused-ring (bicyclic) bond motifs is 1. The van der Waals surface area contributed by atoms with E-state index in [1.807, 2.05) is 4.90 Å². The Morgan fingerprint density at radius 2 is 1.84 bits per heavy atom. The molecule has 2 aromatic carbocycles. The van der Waals surface area contributed by atoms with Gasteiger partial charge in [0.15, 0.2) is 0 Å². The Kier molecular flexibility index (Phi) is 7.75. The zero-order chi connectivity index (χ0) is 27.6. The van der Waals surface area contributed by atoms with E-state index in [4.69, 9.17) is 5.11 Å². The number of amides is 1. The summed E-state index contributed by atoms with van der Waals surface area (Å²) in [6, 6.07) is 9.86. The smallest absolute Gasteiger partial charge is 0.416 e. The third kappa shape index (κ3) is 5.66. The molecule has 1 aromatic heterocycles. The zero-order valence-electron chi connectivity index (χ0n) is 21.0. The Labute approximate surface area is 217 Å². The molecule has 0 saturated carbocycles. The summed E-state index contributed by atoms with van der Waals surface area (Å²) in [5, 5.41) is 16.5. The third-order valence-corrected chi connectivity index (χ3v) is 6.65. The first-order valence-electron chi connectivity index (χ1n) is 12.2. The largest absolute Gasteiger partial charge is 0.478 e. The first-order chi connectivity index (χ1) is 18.0. The van der Waals surface area contributed by atoms with Crippen molar-refractivity contribution in [3.05, 3.63) is 81.5 Å². The van der Waals surface area contributed by atoms with Crippen LogP contribution in [0.25, 0.3) is 0 Å². The Morgan fingerprint density at radius 3 is 2.47 bits per heavy atom. The minimum absolute atomic E-state index is 0.00282. The molecule has 0 aliphatic carbocycles. The molecule has 1 amide bonds. The number of rotatable bonds is 9. The molecule has 0 spiro atoms. The van der Waals surface area contributed by atoms with Crippen LogP contribution in [0.3, 0.4) is 0 Å². The number of aryl methyl sites for hydroxylation is 2. The highest BCUT2D eigenvalue weighted by atomic mass is 19.4. The van der Waals surface area contributed by atoms with E-state index in [9.17, 15) is 27.2 Å². The van der Waals surface area contributed by atoms with Crippen LogP contribution < -0.4 is 10.2 Å². The van der Waals surface area contributed by atoms with Crippen LogP contribution in [0.5, 0.6) is 0 Å². The number of aromatic nitrogens is 2. The molecule has 2 heterocycles. The van der Waals surface area contributed by atoms with Crippen LogP contribution in [0, 0.1) is 6.92 Å². The van der Waals surface area contributed by atoms with Crippen molar-refractivity contribution in [2.45, 2.75) is 52.0 Å². The number of carboxylic acid groups (broad SMARTS) is 1. The number of hydrogen-bond acceptors (Lipinski definition) is 4. The van der Waals surface area contributed by atoms with Crippen molar-refractivity contribution >= 4 is 17.7 Å². The molecule has 4 rings (SSSR count). The average Bonchev–Trinajstić information content (AvgIpc) is 3.40. The number of carbonyl (C=O) groups is 2. The summed E-state index contributed by atoms with van der Waals surface area (Å²) in [6.45, 7) is 3.88. The van der Waals surface area contributed by atoms with E-state index in [-0.39, 0.29) is 36.4 Å². The van der Waals surface area contributed by atoms with E-state index in [0.29, 0.717) is 41.3 Å². The van der Waals surface area contributed by atoms with E-state index < -0.39 is 30.4 Å². The molecule has 0 bridgehead atoms. The van der Waals surface area contributed by atoms with Crippen LogP contribution in [0.2, 0.25) is 0 Å². The maximum Gasteiger partial charge on any atom is 0.416 e. The Hall–Kier alpha value is -3.89. The molecular weight excluding hydrogens is 504 g/mol. The van der Waals surface area contributed by atoms with Gasteiger partial charge in [-0.15, -0.1) is 0 Å². The Bertz CT molecular complexity index is 1340. The number of nitrogens with one attached hydrogen (secondary N) is 1. The topological polar surface area (TPSA) is 87.5 Å². The first kappa shape index (κ1) is 27.2. The summed E-state index contributed by atoms with van der Waals surface area (Å²) in [6.07, 6.45) is -4.54. The highest BCUT2D eigenvalue weighted by Crippen LogP contribution is 2.35. The van der Waals surface area contributed by atoms with Crippen molar-refractivity contribution in [3.63, 3.8) is 0 Å². The zero-order valence-corrected chi connectivity index (χ0v) is 21.0. The lowest BCUT2D eigenvalue weighted by molar-refractivity contribution is -0.138. The van der Waals surface area contributed by atoms with Crippen molar-refractivity contribution in [2.24, 2.45) is 0 Å². The van der Waals surface area contributed by atoms with Gasteiger partial charge in [0.2, 0.25) is 0 Å². The summed E-state index contributed by atoms with van der Waals surface area (Å²) in [7, 11) is 0. The minimum atomic E-state index is -4.56. The van der Waals surface area contributed by atoms with Gasteiger partial charge in [0.05, 0.1) is 36.1 Å². The molecule has 0 unspecified atom stereocenters. The first-order valence-corrected chi connectivity index (χ1v) is 12.2. The fourth-order valence-corrected chi connectivity index (χ4v) is 4.74. The maximum atomic E-state index is 13.7. The summed E-state index contributed by atoms with van der Waals surface area (Å²) >= 11 is 0. The molecule has 3 aromatic rings. The van der Waals surface area contributed by atoms with Crippen LogP contribution in [-0.4, -0.2) is 40.0 Å². The van der Waals surface area contributed by atoms with Crippen molar-refractivity contribution in [2.75, 3.05) is 18.1 Å². The lowest BCUT2D eigenvalue weighted by Gasteiger charge is -2.21. The molecule has 0 radical (unpaired) electrons. The van der Waals surface area contributed by atoms with Crippen molar-refractivity contribution in [3.8, 4) is 0 Å². The SMILES string of the molecule is Cc1nn2c(c1C(=O)N[C@@H](C)c1ccc(C(=O)O)cc1)N(Cc1ccc(CCCF)c(C(F)(F)F)c1)CC2. The normalized spacial score (nSPS) is 13.9. The fraction of sp³-hybridized carbons (Fsp3) is 0.370. The molecule has 11 heteroatoms. The van der Waals surface area contributed by atoms with Crippen molar-refractivity contribution in [1.29, 1.82) is 0 Å². The highest BCUT2D eigenvalue weighted by molar-refractivity contribution is 6.00. The predicted molar refractivity (Wildman–Crippen MR) is 133 cm³/mol. The van der Waals surface area contributed by atoms with Crippen LogP contribution in [0.4, 0.5) is 23.4 Å². The number of benzene rings is 2. The highest BCUT2D eigenvalue weighted by Gasteiger charge is 2.34. The van der Waals surface area contributed by atoms with Crippen LogP contribution in [-0.2, 0) is 25.7 Å². The van der Waals surface area contributed by atoms with Crippen molar-refractivity contribution < 1.29 is 32.3 Å². The van der Waals surface area contributed by atoms with Gasteiger partial charge < -0.3 is 15.3 Å². The van der Waals surface area contributed by atoms with Gasteiger partial charge in [-0.1, -0.05) is 24.3 Å². The van der Waals surface area contributed by atoms with Gasteiger partial charge in [-0.3, -0.25) is 9.18 Å². The number of carboxylic acids is 1. The number of nitrogens with zero attached hydrogens (tertiary/aromatic N) is 3. The monoisotopic (exact) mass is 532 g/mol. The number of hydrogen-bond donors (Lipinski definition) is 2. The van der Waals surface area contributed by atoms with Gasteiger partial charge in [-0.05, 0) is 61.6 Å². The number of carbonyl (C=O) groups excluding carboxylic acids is 1. The third-order valence-electron chi connectivity index (χ3n) is 6.65. The number of halogens is 4. The molecule has 7 nitrogen and oxygen atoms in total. The van der Waals surface area contributed by atoms with Gasteiger partial charge in [-0.2, -0.15) is 18.3 Å². The number of aromatic carboxylic acids is 1. The van der Waals surface area contributed by atoms with E-state index in [1.54, 1.807) is 36.7 Å². The van der Waals surface area contributed by atoms with Gasteiger partial charge in [-0.25, -0.2) is 9.48 Å². The lowest BCUT2D eigenvalue weighted by Crippen LogP contribution is -2.29. The second-order valence-electron chi connectivity index (χ2n) is 9.33. The van der Waals surface area contributed by atoms with Crippen LogP contribution in [0.1, 0.15) is 68.1 Å². The molecule has 2 N–H and O–H groups in total. The van der Waals surface area contributed by atoms with Gasteiger partial charge in [0, 0.05) is 13.1 Å². The summed E-state index contributed by atoms with van der Waals surface area (Å²) in [4.78, 5) is 26.2. The number of alkyl halides is 4. The quantitative estimate of drug-likeness (QED) is 0.364. The average molecular weight is 533 g/mol.